The van der Waals surface area contributed by atoms with Gasteiger partial charge in [0.2, 0.25) is 5.91 Å². The molecular formula is C11H9Cl2FN2O4. The average molecular weight is 323 g/mol. The van der Waals surface area contributed by atoms with Crippen molar-refractivity contribution < 1.29 is 23.9 Å². The molecule has 4 N–H and O–H groups in total. The largest absolute Gasteiger partial charge is 0.480 e. The van der Waals surface area contributed by atoms with E-state index in [1.807, 2.05) is 5.32 Å². The summed E-state index contributed by atoms with van der Waals surface area (Å²) in [5, 5.41) is 10.4. The van der Waals surface area contributed by atoms with Crippen molar-refractivity contribution in [2.45, 2.75) is 12.5 Å². The van der Waals surface area contributed by atoms with Crippen LogP contribution in [0.4, 0.5) is 4.39 Å². The Morgan fingerprint density at radius 3 is 2.40 bits per heavy atom. The fraction of sp³-hybridized carbons (Fsp3) is 0.182. The SMILES string of the molecule is NC(=O)C[C@H](NC(=O)c1cc(F)c(Cl)cc1Cl)C(=O)O. The summed E-state index contributed by atoms with van der Waals surface area (Å²) in [6, 6.07) is 0.246. The third-order valence-corrected chi connectivity index (χ3v) is 2.87. The van der Waals surface area contributed by atoms with Crippen LogP contribution in [0.25, 0.3) is 0 Å². The quantitative estimate of drug-likeness (QED) is 0.707. The molecule has 0 saturated heterocycles. The van der Waals surface area contributed by atoms with Crippen LogP contribution in [0, 0.1) is 5.82 Å². The smallest absolute Gasteiger partial charge is 0.326 e. The van der Waals surface area contributed by atoms with Gasteiger partial charge in [-0.1, -0.05) is 23.2 Å². The van der Waals surface area contributed by atoms with Gasteiger partial charge in [0.05, 0.1) is 22.0 Å². The summed E-state index contributed by atoms with van der Waals surface area (Å²) < 4.78 is 13.3. The molecule has 1 atom stereocenters. The molecule has 1 rings (SSSR count). The number of benzene rings is 1. The van der Waals surface area contributed by atoms with Crippen molar-refractivity contribution in [2.24, 2.45) is 5.73 Å². The third-order valence-electron chi connectivity index (χ3n) is 2.26. The Labute approximate surface area is 122 Å². The summed E-state index contributed by atoms with van der Waals surface area (Å²) in [5.74, 6) is -4.21. The molecule has 9 heteroatoms. The molecule has 0 aliphatic heterocycles. The first kappa shape index (κ1) is 16.2. The van der Waals surface area contributed by atoms with E-state index >= 15 is 0 Å². The topological polar surface area (TPSA) is 109 Å². The normalized spacial score (nSPS) is 11.8. The fourth-order valence-corrected chi connectivity index (χ4v) is 1.80. The number of amides is 2. The minimum atomic E-state index is -1.53. The number of rotatable bonds is 5. The highest BCUT2D eigenvalue weighted by molar-refractivity contribution is 6.36. The van der Waals surface area contributed by atoms with Gasteiger partial charge in [0, 0.05) is 0 Å². The predicted molar refractivity (Wildman–Crippen MR) is 69.1 cm³/mol. The minimum Gasteiger partial charge on any atom is -0.480 e. The zero-order chi connectivity index (χ0) is 15.4. The lowest BCUT2D eigenvalue weighted by atomic mass is 10.1. The van der Waals surface area contributed by atoms with E-state index in [1.165, 1.54) is 0 Å². The summed E-state index contributed by atoms with van der Waals surface area (Å²) in [6.45, 7) is 0. The molecule has 1 aromatic rings. The summed E-state index contributed by atoms with van der Waals surface area (Å²) in [4.78, 5) is 33.4. The highest BCUT2D eigenvalue weighted by atomic mass is 35.5. The molecule has 2 amide bonds. The van der Waals surface area contributed by atoms with Gasteiger partial charge >= 0.3 is 5.97 Å². The molecule has 0 spiro atoms. The molecule has 20 heavy (non-hydrogen) atoms. The number of hydrogen-bond donors (Lipinski definition) is 3. The molecule has 0 saturated carbocycles. The van der Waals surface area contributed by atoms with E-state index in [2.05, 4.69) is 0 Å². The number of hydrogen-bond acceptors (Lipinski definition) is 3. The second-order valence-corrected chi connectivity index (χ2v) is 4.60. The van der Waals surface area contributed by atoms with Crippen molar-refractivity contribution >= 4 is 41.0 Å². The van der Waals surface area contributed by atoms with Crippen molar-refractivity contribution in [2.75, 3.05) is 0 Å². The Bertz CT molecular complexity index is 580. The first-order chi connectivity index (χ1) is 9.22. The molecule has 0 radical (unpaired) electrons. The zero-order valence-corrected chi connectivity index (χ0v) is 11.3. The van der Waals surface area contributed by atoms with Crippen molar-refractivity contribution in [3.05, 3.63) is 33.6 Å². The Hall–Kier alpha value is -1.86. The van der Waals surface area contributed by atoms with Crippen molar-refractivity contribution in [1.82, 2.24) is 5.32 Å². The Balaban J connectivity index is 2.97. The average Bonchev–Trinajstić information content (AvgIpc) is 2.32. The minimum absolute atomic E-state index is 0.155. The number of aliphatic carboxylic acids is 1. The lowest BCUT2D eigenvalue weighted by Gasteiger charge is -2.13. The van der Waals surface area contributed by atoms with Crippen molar-refractivity contribution in [3.63, 3.8) is 0 Å². The second kappa shape index (κ2) is 6.53. The number of primary amides is 1. The lowest BCUT2D eigenvalue weighted by molar-refractivity contribution is -0.140. The van der Waals surface area contributed by atoms with Gasteiger partial charge in [-0.15, -0.1) is 0 Å². The van der Waals surface area contributed by atoms with E-state index in [1.54, 1.807) is 0 Å². The fourth-order valence-electron chi connectivity index (χ4n) is 1.33. The van der Waals surface area contributed by atoms with Gasteiger partial charge in [-0.05, 0) is 12.1 Å². The van der Waals surface area contributed by atoms with E-state index in [0.717, 1.165) is 12.1 Å². The number of carbonyl (C=O) groups is 3. The van der Waals surface area contributed by atoms with Gasteiger partial charge < -0.3 is 16.2 Å². The van der Waals surface area contributed by atoms with Gasteiger partial charge in [-0.2, -0.15) is 0 Å². The number of nitrogens with one attached hydrogen (secondary N) is 1. The second-order valence-electron chi connectivity index (χ2n) is 3.78. The van der Waals surface area contributed by atoms with Crippen molar-refractivity contribution in [1.29, 1.82) is 0 Å². The lowest BCUT2D eigenvalue weighted by Crippen LogP contribution is -2.43. The van der Waals surface area contributed by atoms with Crippen LogP contribution in [0.3, 0.4) is 0 Å². The first-order valence-corrected chi connectivity index (χ1v) is 5.94. The van der Waals surface area contributed by atoms with Crippen molar-refractivity contribution in [3.8, 4) is 0 Å². The molecule has 0 aliphatic carbocycles. The maximum Gasteiger partial charge on any atom is 0.326 e. The van der Waals surface area contributed by atoms with Gasteiger partial charge in [0.25, 0.3) is 5.91 Å². The van der Waals surface area contributed by atoms with Gasteiger partial charge in [0.1, 0.15) is 11.9 Å². The molecule has 108 valence electrons. The van der Waals surface area contributed by atoms with E-state index in [-0.39, 0.29) is 15.6 Å². The van der Waals surface area contributed by atoms with Crippen LogP contribution in [0.2, 0.25) is 10.0 Å². The van der Waals surface area contributed by atoms with Gasteiger partial charge in [0.15, 0.2) is 0 Å². The van der Waals surface area contributed by atoms with Crippen LogP contribution >= 0.6 is 23.2 Å². The number of carboxylic acids is 1. The first-order valence-electron chi connectivity index (χ1n) is 5.19. The third kappa shape index (κ3) is 4.07. The Morgan fingerprint density at radius 2 is 1.90 bits per heavy atom. The monoisotopic (exact) mass is 322 g/mol. The number of nitrogens with two attached hydrogens (primary N) is 1. The highest BCUT2D eigenvalue weighted by Gasteiger charge is 2.24. The van der Waals surface area contributed by atoms with Gasteiger partial charge in [-0.25, -0.2) is 9.18 Å². The van der Waals surface area contributed by atoms with Crippen LogP contribution in [-0.2, 0) is 9.59 Å². The number of carbonyl (C=O) groups excluding carboxylic acids is 2. The highest BCUT2D eigenvalue weighted by Crippen LogP contribution is 2.24. The van der Waals surface area contributed by atoms with E-state index in [4.69, 9.17) is 34.0 Å². The van der Waals surface area contributed by atoms with Crippen LogP contribution in [-0.4, -0.2) is 28.9 Å². The van der Waals surface area contributed by atoms with Crippen LogP contribution in [0.5, 0.6) is 0 Å². The van der Waals surface area contributed by atoms with E-state index < -0.39 is 36.1 Å². The van der Waals surface area contributed by atoms with Crippen LogP contribution < -0.4 is 11.1 Å². The van der Waals surface area contributed by atoms with Crippen LogP contribution in [0.15, 0.2) is 12.1 Å². The molecule has 6 nitrogen and oxygen atoms in total. The van der Waals surface area contributed by atoms with E-state index in [9.17, 15) is 18.8 Å². The maximum atomic E-state index is 13.3. The number of carboxylic acid groups (broad SMARTS) is 1. The standard InChI is InChI=1S/C11H9Cl2FN2O4/c12-5-2-6(13)7(14)1-4(5)10(18)16-8(11(19)20)3-9(15)17/h1-2,8H,3H2,(H2,15,17)(H,16,18)(H,19,20)/t8-/m0/s1. The molecule has 0 unspecified atom stereocenters. The zero-order valence-electron chi connectivity index (χ0n) is 9.82. The molecular weight excluding hydrogens is 314 g/mol. The Kier molecular flexibility index (Phi) is 5.29. The molecule has 0 bridgehead atoms. The maximum absolute atomic E-state index is 13.3. The summed E-state index contributed by atoms with van der Waals surface area (Å²) in [7, 11) is 0. The van der Waals surface area contributed by atoms with Crippen LogP contribution in [0.1, 0.15) is 16.8 Å². The molecule has 0 aromatic heterocycles. The predicted octanol–water partition coefficient (Wildman–Crippen LogP) is 1.19. The van der Waals surface area contributed by atoms with E-state index in [0.29, 0.717) is 0 Å². The number of halogens is 3. The summed E-state index contributed by atoms with van der Waals surface area (Å²) in [5.41, 5.74) is 4.56. The molecule has 0 heterocycles. The van der Waals surface area contributed by atoms with Gasteiger partial charge in [-0.3, -0.25) is 9.59 Å². The summed E-state index contributed by atoms with van der Waals surface area (Å²) >= 11 is 11.2. The molecule has 1 aromatic carbocycles. The molecule has 0 aliphatic rings. The summed E-state index contributed by atoms with van der Waals surface area (Å²) in [6.07, 6.45) is -0.602. The molecule has 0 fully saturated rings. The Morgan fingerprint density at radius 1 is 1.30 bits per heavy atom.